The van der Waals surface area contributed by atoms with Gasteiger partial charge in [-0.05, 0) is 12.1 Å². The molecule has 0 saturated carbocycles. The van der Waals surface area contributed by atoms with Gasteiger partial charge in [0.1, 0.15) is 0 Å². The summed E-state index contributed by atoms with van der Waals surface area (Å²) < 4.78 is 0. The van der Waals surface area contributed by atoms with Gasteiger partial charge in [-0.2, -0.15) is 0 Å². The fourth-order valence-electron chi connectivity index (χ4n) is 1.62. The lowest BCUT2D eigenvalue weighted by molar-refractivity contribution is -0.119. The summed E-state index contributed by atoms with van der Waals surface area (Å²) in [6, 6.07) is 20.9. The zero-order chi connectivity index (χ0) is 13.5. The molecule has 0 saturated heterocycles. The lowest BCUT2D eigenvalue weighted by Crippen LogP contribution is -2.29. The van der Waals surface area contributed by atoms with Crippen LogP contribution in [-0.2, 0) is 9.59 Å². The van der Waals surface area contributed by atoms with Crippen LogP contribution >= 0.6 is 0 Å². The largest absolute Gasteiger partial charge is 0.269 e. The third-order valence-electron chi connectivity index (χ3n) is 2.49. The highest BCUT2D eigenvalue weighted by atomic mass is 16.2. The van der Waals surface area contributed by atoms with E-state index in [0.717, 1.165) is 4.90 Å². The number of rotatable bonds is 1. The number of hydrogen-bond acceptors (Lipinski definition) is 2. The Morgan fingerprint density at radius 2 is 0.947 bits per heavy atom. The van der Waals surface area contributed by atoms with Crippen LogP contribution in [0.1, 0.15) is 0 Å². The van der Waals surface area contributed by atoms with E-state index in [1.54, 1.807) is 24.3 Å². The van der Waals surface area contributed by atoms with Crippen LogP contribution in [-0.4, -0.2) is 11.8 Å². The molecule has 0 atom stereocenters. The SMILES string of the molecule is O=C1C=CC(=O)N1c1ccccc1.c1ccccc1. The van der Waals surface area contributed by atoms with Crippen LogP contribution in [0.3, 0.4) is 0 Å². The van der Waals surface area contributed by atoms with Crippen LogP contribution < -0.4 is 4.90 Å². The van der Waals surface area contributed by atoms with Crippen molar-refractivity contribution in [2.45, 2.75) is 0 Å². The molecule has 3 nitrogen and oxygen atoms in total. The molecule has 2 amide bonds. The van der Waals surface area contributed by atoms with Crippen molar-refractivity contribution in [3.05, 3.63) is 78.9 Å². The molecule has 0 fully saturated rings. The quantitative estimate of drug-likeness (QED) is 0.731. The molecular formula is C16H13NO2. The molecule has 0 unspecified atom stereocenters. The van der Waals surface area contributed by atoms with E-state index < -0.39 is 0 Å². The highest BCUT2D eigenvalue weighted by molar-refractivity contribution is 6.28. The average Bonchev–Trinajstić information content (AvgIpc) is 2.82. The summed E-state index contributed by atoms with van der Waals surface area (Å²) in [5, 5.41) is 0. The van der Waals surface area contributed by atoms with E-state index in [1.165, 1.54) is 12.2 Å². The molecule has 2 aromatic carbocycles. The maximum Gasteiger partial charge on any atom is 0.258 e. The topological polar surface area (TPSA) is 37.4 Å². The summed E-state index contributed by atoms with van der Waals surface area (Å²) >= 11 is 0. The third-order valence-corrected chi connectivity index (χ3v) is 2.49. The molecule has 0 spiro atoms. The first kappa shape index (κ1) is 12.8. The Hall–Kier alpha value is -2.68. The van der Waals surface area contributed by atoms with Gasteiger partial charge in [0.05, 0.1) is 5.69 Å². The molecular weight excluding hydrogens is 238 g/mol. The Kier molecular flexibility index (Phi) is 4.24. The predicted octanol–water partition coefficient (Wildman–Crippen LogP) is 2.80. The Labute approximate surface area is 111 Å². The number of amides is 2. The number of anilines is 1. The van der Waals surface area contributed by atoms with E-state index in [1.807, 2.05) is 42.5 Å². The molecule has 1 aliphatic rings. The van der Waals surface area contributed by atoms with Crippen molar-refractivity contribution < 1.29 is 9.59 Å². The maximum absolute atomic E-state index is 11.2. The van der Waals surface area contributed by atoms with E-state index in [-0.39, 0.29) is 11.8 Å². The van der Waals surface area contributed by atoms with Gasteiger partial charge < -0.3 is 0 Å². The van der Waals surface area contributed by atoms with Crippen molar-refractivity contribution in [2.24, 2.45) is 0 Å². The van der Waals surface area contributed by atoms with Gasteiger partial charge in [-0.1, -0.05) is 54.6 Å². The molecule has 3 rings (SSSR count). The Morgan fingerprint density at radius 3 is 1.37 bits per heavy atom. The minimum Gasteiger partial charge on any atom is -0.269 e. The molecule has 19 heavy (non-hydrogen) atoms. The van der Waals surface area contributed by atoms with Gasteiger partial charge in [0.25, 0.3) is 11.8 Å². The van der Waals surface area contributed by atoms with Crippen LogP contribution in [0, 0.1) is 0 Å². The lowest BCUT2D eigenvalue weighted by Gasteiger charge is -2.12. The summed E-state index contributed by atoms with van der Waals surface area (Å²) in [5.74, 6) is -0.563. The Balaban J connectivity index is 0.000000186. The highest BCUT2D eigenvalue weighted by Gasteiger charge is 2.24. The van der Waals surface area contributed by atoms with E-state index in [4.69, 9.17) is 0 Å². The first-order valence-corrected chi connectivity index (χ1v) is 5.90. The number of benzene rings is 2. The first-order valence-electron chi connectivity index (χ1n) is 5.90. The van der Waals surface area contributed by atoms with Gasteiger partial charge in [-0.25, -0.2) is 4.90 Å². The molecule has 0 aromatic heterocycles. The van der Waals surface area contributed by atoms with Crippen molar-refractivity contribution in [2.75, 3.05) is 4.90 Å². The van der Waals surface area contributed by atoms with Crippen LogP contribution in [0.15, 0.2) is 78.9 Å². The molecule has 94 valence electrons. The molecule has 1 heterocycles. The predicted molar refractivity (Wildman–Crippen MR) is 74.5 cm³/mol. The number of carbonyl (C=O) groups excluding carboxylic acids is 2. The monoisotopic (exact) mass is 251 g/mol. The second-order valence-electron chi connectivity index (χ2n) is 3.84. The smallest absolute Gasteiger partial charge is 0.258 e. The van der Waals surface area contributed by atoms with Crippen molar-refractivity contribution in [3.63, 3.8) is 0 Å². The van der Waals surface area contributed by atoms with Crippen molar-refractivity contribution in [3.8, 4) is 0 Å². The van der Waals surface area contributed by atoms with Crippen LogP contribution in [0.25, 0.3) is 0 Å². The average molecular weight is 251 g/mol. The normalized spacial score (nSPS) is 13.2. The molecule has 2 aromatic rings. The van der Waals surface area contributed by atoms with Gasteiger partial charge >= 0.3 is 0 Å². The van der Waals surface area contributed by atoms with Gasteiger partial charge in [0.2, 0.25) is 0 Å². The lowest BCUT2D eigenvalue weighted by atomic mass is 10.3. The maximum atomic E-state index is 11.2. The molecule has 0 bridgehead atoms. The summed E-state index contributed by atoms with van der Waals surface area (Å²) in [7, 11) is 0. The number of hydrogen-bond donors (Lipinski definition) is 0. The molecule has 0 aliphatic carbocycles. The highest BCUT2D eigenvalue weighted by Crippen LogP contribution is 2.17. The second kappa shape index (κ2) is 6.31. The van der Waals surface area contributed by atoms with E-state index in [0.29, 0.717) is 5.69 Å². The van der Waals surface area contributed by atoms with E-state index in [2.05, 4.69) is 0 Å². The van der Waals surface area contributed by atoms with Crippen molar-refractivity contribution >= 4 is 17.5 Å². The van der Waals surface area contributed by atoms with Gasteiger partial charge in [-0.3, -0.25) is 9.59 Å². The molecule has 0 radical (unpaired) electrons. The molecule has 3 heteroatoms. The number of para-hydroxylation sites is 1. The minimum absolute atomic E-state index is 0.281. The molecule has 1 aliphatic heterocycles. The zero-order valence-electron chi connectivity index (χ0n) is 10.3. The van der Waals surface area contributed by atoms with Crippen molar-refractivity contribution in [1.29, 1.82) is 0 Å². The fourth-order valence-corrected chi connectivity index (χ4v) is 1.62. The van der Waals surface area contributed by atoms with Gasteiger partial charge in [-0.15, -0.1) is 0 Å². The first-order chi connectivity index (χ1) is 9.29. The number of imide groups is 1. The van der Waals surface area contributed by atoms with E-state index in [9.17, 15) is 9.59 Å². The van der Waals surface area contributed by atoms with Gasteiger partial charge in [0.15, 0.2) is 0 Å². The summed E-state index contributed by atoms with van der Waals surface area (Å²) in [5.41, 5.74) is 0.613. The third kappa shape index (κ3) is 3.39. The summed E-state index contributed by atoms with van der Waals surface area (Å²) in [6.07, 6.45) is 2.55. The van der Waals surface area contributed by atoms with Gasteiger partial charge in [0, 0.05) is 12.2 Å². The van der Waals surface area contributed by atoms with E-state index >= 15 is 0 Å². The summed E-state index contributed by atoms with van der Waals surface area (Å²) in [4.78, 5) is 23.5. The van der Waals surface area contributed by atoms with Crippen LogP contribution in [0.5, 0.6) is 0 Å². The summed E-state index contributed by atoms with van der Waals surface area (Å²) in [6.45, 7) is 0. The Morgan fingerprint density at radius 1 is 0.579 bits per heavy atom. The zero-order valence-corrected chi connectivity index (χ0v) is 10.3. The second-order valence-corrected chi connectivity index (χ2v) is 3.84. The molecule has 0 N–H and O–H groups in total. The number of nitrogens with zero attached hydrogens (tertiary/aromatic N) is 1. The standard InChI is InChI=1S/C10H7NO2.C6H6/c12-9-6-7-10(13)11(9)8-4-2-1-3-5-8;1-2-4-6-5-3-1/h1-7H;1-6H. The minimum atomic E-state index is -0.281. The van der Waals surface area contributed by atoms with Crippen LogP contribution in [0.2, 0.25) is 0 Å². The van der Waals surface area contributed by atoms with Crippen molar-refractivity contribution in [1.82, 2.24) is 0 Å². The van der Waals surface area contributed by atoms with Crippen LogP contribution in [0.4, 0.5) is 5.69 Å². The number of carbonyl (C=O) groups is 2. The Bertz CT molecular complexity index is 532. The fraction of sp³-hybridized carbons (Fsp3) is 0.